The minimum atomic E-state index is -0.0515. The van der Waals surface area contributed by atoms with Crippen molar-refractivity contribution in [2.75, 3.05) is 13.1 Å². The Bertz CT molecular complexity index is 499. The second kappa shape index (κ2) is 4.06. The van der Waals surface area contributed by atoms with Gasteiger partial charge < -0.3 is 4.90 Å². The van der Waals surface area contributed by atoms with E-state index in [4.69, 9.17) is 0 Å². The first-order valence-electron chi connectivity index (χ1n) is 7.49. The van der Waals surface area contributed by atoms with Crippen molar-refractivity contribution in [3.05, 3.63) is 23.9 Å². The molecule has 0 radical (unpaired) electrons. The van der Waals surface area contributed by atoms with Gasteiger partial charge in [0.1, 0.15) is 0 Å². The molecular weight excluding hydrogens is 238 g/mol. The van der Waals surface area contributed by atoms with Crippen LogP contribution < -0.4 is 0 Å². The smallest absolute Gasteiger partial charge is 0.183 e. The summed E-state index contributed by atoms with van der Waals surface area (Å²) in [4.78, 5) is 27.3. The number of allylic oxidation sites excluding steroid dienone is 4. The number of fused-ring (bicyclic) bond motifs is 5. The number of rotatable bonds is 1. The zero-order chi connectivity index (χ0) is 13.0. The maximum absolute atomic E-state index is 12.7. The van der Waals surface area contributed by atoms with Gasteiger partial charge in [0.05, 0.1) is 5.70 Å². The molecule has 100 valence electrons. The number of carbonyl (C=O) groups is 2. The van der Waals surface area contributed by atoms with Crippen molar-refractivity contribution in [2.45, 2.75) is 25.7 Å². The van der Waals surface area contributed by atoms with E-state index in [2.05, 4.69) is 17.1 Å². The van der Waals surface area contributed by atoms with Gasteiger partial charge in [0.15, 0.2) is 11.6 Å². The Morgan fingerprint density at radius 1 is 0.947 bits per heavy atom. The van der Waals surface area contributed by atoms with Gasteiger partial charge in [-0.25, -0.2) is 0 Å². The molecule has 4 atom stereocenters. The van der Waals surface area contributed by atoms with Crippen LogP contribution >= 0.6 is 0 Å². The first-order valence-corrected chi connectivity index (χ1v) is 7.49. The lowest BCUT2D eigenvalue weighted by Crippen LogP contribution is -2.43. The number of piperidine rings is 1. The molecule has 0 amide bonds. The van der Waals surface area contributed by atoms with Crippen LogP contribution in [0.15, 0.2) is 23.9 Å². The number of likely N-dealkylation sites (tertiary alicyclic amines) is 1. The predicted molar refractivity (Wildman–Crippen MR) is 71.2 cm³/mol. The number of Topliss-reactive ketones (excluding diaryl/α,β-unsaturated/α-hetero) is 1. The van der Waals surface area contributed by atoms with Crippen LogP contribution in [-0.2, 0) is 9.59 Å². The quantitative estimate of drug-likeness (QED) is 0.674. The standard InChI is InChI=1S/C16H19NO2/c18-13-9-12(17-6-2-1-3-7-17)16(19)15-11-5-4-10(8-11)14(13)15/h4-5,9-11,14-15H,1-3,6-8H2/t10-,11-,14-,15+/m0/s1. The molecule has 0 N–H and O–H groups in total. The number of hydrogen-bond donors (Lipinski definition) is 0. The second-order valence-electron chi connectivity index (χ2n) is 6.34. The van der Waals surface area contributed by atoms with Gasteiger partial charge in [-0.2, -0.15) is 0 Å². The largest absolute Gasteiger partial charge is 0.369 e. The van der Waals surface area contributed by atoms with Crippen LogP contribution in [0.3, 0.4) is 0 Å². The second-order valence-corrected chi connectivity index (χ2v) is 6.34. The fourth-order valence-corrected chi connectivity index (χ4v) is 4.42. The Kier molecular flexibility index (Phi) is 2.44. The van der Waals surface area contributed by atoms with Crippen molar-refractivity contribution < 1.29 is 9.59 Å². The molecule has 2 fully saturated rings. The Hall–Kier alpha value is -1.38. The van der Waals surface area contributed by atoms with E-state index in [9.17, 15) is 9.59 Å². The molecule has 0 aromatic carbocycles. The number of carbonyl (C=O) groups excluding carboxylic acids is 2. The minimum absolute atomic E-state index is 0.0453. The average Bonchev–Trinajstić information content (AvgIpc) is 3.05. The summed E-state index contributed by atoms with van der Waals surface area (Å²) in [5.41, 5.74) is 0.715. The van der Waals surface area contributed by atoms with Crippen molar-refractivity contribution in [2.24, 2.45) is 23.7 Å². The molecule has 0 unspecified atom stereocenters. The maximum Gasteiger partial charge on any atom is 0.183 e. The summed E-state index contributed by atoms with van der Waals surface area (Å²) < 4.78 is 0. The highest BCUT2D eigenvalue weighted by molar-refractivity contribution is 6.11. The van der Waals surface area contributed by atoms with Crippen LogP contribution in [0.1, 0.15) is 25.7 Å². The van der Waals surface area contributed by atoms with Gasteiger partial charge in [-0.15, -0.1) is 0 Å². The molecule has 0 aromatic heterocycles. The van der Waals surface area contributed by atoms with E-state index >= 15 is 0 Å². The van der Waals surface area contributed by atoms with Gasteiger partial charge in [-0.1, -0.05) is 12.2 Å². The summed E-state index contributed by atoms with van der Waals surface area (Å²) in [6.07, 6.45) is 10.5. The molecule has 19 heavy (non-hydrogen) atoms. The Balaban J connectivity index is 1.67. The lowest BCUT2D eigenvalue weighted by molar-refractivity contribution is -0.131. The van der Waals surface area contributed by atoms with E-state index < -0.39 is 0 Å². The first-order chi connectivity index (χ1) is 9.25. The molecule has 1 aliphatic heterocycles. The molecule has 3 aliphatic carbocycles. The molecule has 3 heteroatoms. The van der Waals surface area contributed by atoms with E-state index in [1.54, 1.807) is 6.08 Å². The minimum Gasteiger partial charge on any atom is -0.369 e. The van der Waals surface area contributed by atoms with E-state index in [0.29, 0.717) is 17.5 Å². The Morgan fingerprint density at radius 3 is 2.37 bits per heavy atom. The van der Waals surface area contributed by atoms with Gasteiger partial charge in [0.25, 0.3) is 0 Å². The van der Waals surface area contributed by atoms with Crippen LogP contribution in [0, 0.1) is 23.7 Å². The first kappa shape index (κ1) is 11.4. The third-order valence-corrected chi connectivity index (χ3v) is 5.32. The van der Waals surface area contributed by atoms with Crippen LogP contribution in [0.2, 0.25) is 0 Å². The number of nitrogens with zero attached hydrogens (tertiary/aromatic N) is 1. The van der Waals surface area contributed by atoms with E-state index in [1.807, 2.05) is 0 Å². The van der Waals surface area contributed by atoms with Crippen molar-refractivity contribution in [3.8, 4) is 0 Å². The average molecular weight is 257 g/mol. The summed E-state index contributed by atoms with van der Waals surface area (Å²) in [7, 11) is 0. The van der Waals surface area contributed by atoms with Crippen LogP contribution in [0.5, 0.6) is 0 Å². The molecule has 1 saturated carbocycles. The number of hydrogen-bond acceptors (Lipinski definition) is 3. The predicted octanol–water partition coefficient (Wildman–Crippen LogP) is 1.95. The van der Waals surface area contributed by atoms with Gasteiger partial charge in [0, 0.05) is 31.0 Å². The molecule has 4 aliphatic rings. The molecule has 3 nitrogen and oxygen atoms in total. The zero-order valence-corrected chi connectivity index (χ0v) is 11.0. The highest BCUT2D eigenvalue weighted by Crippen LogP contribution is 2.51. The molecule has 2 bridgehead atoms. The molecule has 0 spiro atoms. The monoisotopic (exact) mass is 257 g/mol. The molecule has 0 aromatic rings. The third-order valence-electron chi connectivity index (χ3n) is 5.32. The number of ketones is 2. The highest BCUT2D eigenvalue weighted by atomic mass is 16.1. The van der Waals surface area contributed by atoms with Gasteiger partial charge in [-0.05, 0) is 37.5 Å². The SMILES string of the molecule is O=C1C=C(N2CCCCC2)C(=O)[C@H]2[C@H]1[C@H]1C=C[C@H]2C1. The Labute approximate surface area is 113 Å². The normalized spacial score (nSPS) is 40.6. The van der Waals surface area contributed by atoms with E-state index in [1.165, 1.54) is 6.42 Å². The van der Waals surface area contributed by atoms with Crippen molar-refractivity contribution in [1.82, 2.24) is 4.90 Å². The van der Waals surface area contributed by atoms with Gasteiger partial charge in [-0.3, -0.25) is 9.59 Å². The molecular formula is C16H19NO2. The summed E-state index contributed by atoms with van der Waals surface area (Å²) in [6.45, 7) is 1.87. The topological polar surface area (TPSA) is 37.4 Å². The zero-order valence-electron chi connectivity index (χ0n) is 11.0. The molecule has 1 saturated heterocycles. The maximum atomic E-state index is 12.7. The fraction of sp³-hybridized carbons (Fsp3) is 0.625. The highest BCUT2D eigenvalue weighted by Gasteiger charge is 2.53. The molecule has 1 heterocycles. The third kappa shape index (κ3) is 1.57. The van der Waals surface area contributed by atoms with Crippen LogP contribution in [0.25, 0.3) is 0 Å². The fourth-order valence-electron chi connectivity index (χ4n) is 4.42. The van der Waals surface area contributed by atoms with Gasteiger partial charge in [0.2, 0.25) is 0 Å². The summed E-state index contributed by atoms with van der Waals surface area (Å²) in [5.74, 6) is 0.983. The van der Waals surface area contributed by atoms with E-state index in [0.717, 1.165) is 32.4 Å². The van der Waals surface area contributed by atoms with Crippen LogP contribution in [-0.4, -0.2) is 29.6 Å². The summed E-state index contributed by atoms with van der Waals surface area (Å²) in [5, 5.41) is 0. The van der Waals surface area contributed by atoms with Crippen molar-refractivity contribution >= 4 is 11.6 Å². The van der Waals surface area contributed by atoms with Crippen molar-refractivity contribution in [1.29, 1.82) is 0 Å². The van der Waals surface area contributed by atoms with E-state index in [-0.39, 0.29) is 23.4 Å². The van der Waals surface area contributed by atoms with Crippen molar-refractivity contribution in [3.63, 3.8) is 0 Å². The Morgan fingerprint density at radius 2 is 1.63 bits per heavy atom. The van der Waals surface area contributed by atoms with Gasteiger partial charge >= 0.3 is 0 Å². The molecule has 4 rings (SSSR count). The summed E-state index contributed by atoms with van der Waals surface area (Å²) in [6, 6.07) is 0. The van der Waals surface area contributed by atoms with Crippen LogP contribution in [0.4, 0.5) is 0 Å². The lowest BCUT2D eigenvalue weighted by Gasteiger charge is -2.36. The summed E-state index contributed by atoms with van der Waals surface area (Å²) >= 11 is 0. The lowest BCUT2D eigenvalue weighted by atomic mass is 9.73.